The molecule has 0 atom stereocenters. The Labute approximate surface area is 103 Å². The molecule has 0 bridgehead atoms. The van der Waals surface area contributed by atoms with Gasteiger partial charge in [0, 0.05) is 19.6 Å². The van der Waals surface area contributed by atoms with Crippen LogP contribution in [-0.2, 0) is 19.1 Å². The van der Waals surface area contributed by atoms with Crippen LogP contribution in [0, 0.1) is 11.8 Å². The highest BCUT2D eigenvalue weighted by molar-refractivity contribution is 5.96. The Kier molecular flexibility index (Phi) is 6.19. The van der Waals surface area contributed by atoms with E-state index in [2.05, 4.69) is 0 Å². The standard InChI is InChI=1S/C13H22O4/c1-3-17-13(15)8-12(14)11-6-4-10(5-7-11)9-16-2/h10-11H,3-9H2,1-2H3. The molecule has 98 valence electrons. The van der Waals surface area contributed by atoms with Crippen LogP contribution in [0.4, 0.5) is 0 Å². The molecule has 0 unspecified atom stereocenters. The van der Waals surface area contributed by atoms with Crippen molar-refractivity contribution < 1.29 is 19.1 Å². The number of carbonyl (C=O) groups is 2. The van der Waals surface area contributed by atoms with Gasteiger partial charge in [0.2, 0.25) is 0 Å². The molecule has 1 saturated carbocycles. The number of hydrogen-bond donors (Lipinski definition) is 0. The summed E-state index contributed by atoms with van der Waals surface area (Å²) >= 11 is 0. The summed E-state index contributed by atoms with van der Waals surface area (Å²) in [6, 6.07) is 0. The first-order chi connectivity index (χ1) is 8.17. The molecule has 0 aromatic heterocycles. The third-order valence-corrected chi connectivity index (χ3v) is 3.33. The van der Waals surface area contributed by atoms with E-state index < -0.39 is 5.97 Å². The zero-order valence-electron chi connectivity index (χ0n) is 10.7. The maximum absolute atomic E-state index is 11.8. The molecular weight excluding hydrogens is 220 g/mol. The number of esters is 1. The highest BCUT2D eigenvalue weighted by atomic mass is 16.5. The minimum atomic E-state index is -0.392. The first-order valence-corrected chi connectivity index (χ1v) is 6.34. The van der Waals surface area contributed by atoms with Crippen molar-refractivity contribution in [2.75, 3.05) is 20.3 Å². The van der Waals surface area contributed by atoms with Crippen molar-refractivity contribution in [3.05, 3.63) is 0 Å². The van der Waals surface area contributed by atoms with E-state index in [1.165, 1.54) is 0 Å². The van der Waals surface area contributed by atoms with Gasteiger partial charge < -0.3 is 9.47 Å². The van der Waals surface area contributed by atoms with E-state index in [9.17, 15) is 9.59 Å². The van der Waals surface area contributed by atoms with Crippen LogP contribution in [0.5, 0.6) is 0 Å². The van der Waals surface area contributed by atoms with E-state index in [1.807, 2.05) is 0 Å². The van der Waals surface area contributed by atoms with Crippen LogP contribution in [-0.4, -0.2) is 32.1 Å². The topological polar surface area (TPSA) is 52.6 Å². The highest BCUT2D eigenvalue weighted by Crippen LogP contribution is 2.30. The molecule has 0 amide bonds. The second kappa shape index (κ2) is 7.43. The van der Waals surface area contributed by atoms with Crippen molar-refractivity contribution >= 4 is 11.8 Å². The predicted molar refractivity (Wildman–Crippen MR) is 63.6 cm³/mol. The lowest BCUT2D eigenvalue weighted by molar-refractivity contribution is -0.146. The van der Waals surface area contributed by atoms with Crippen molar-refractivity contribution in [1.82, 2.24) is 0 Å². The van der Waals surface area contributed by atoms with E-state index in [4.69, 9.17) is 9.47 Å². The van der Waals surface area contributed by atoms with E-state index in [0.717, 1.165) is 32.3 Å². The summed E-state index contributed by atoms with van der Waals surface area (Å²) in [5, 5.41) is 0. The average Bonchev–Trinajstić information content (AvgIpc) is 2.30. The number of methoxy groups -OCH3 is 1. The second-order valence-corrected chi connectivity index (χ2v) is 4.62. The van der Waals surface area contributed by atoms with Gasteiger partial charge in [0.15, 0.2) is 0 Å². The fourth-order valence-electron chi connectivity index (χ4n) is 2.39. The van der Waals surface area contributed by atoms with Gasteiger partial charge in [-0.2, -0.15) is 0 Å². The zero-order valence-corrected chi connectivity index (χ0v) is 10.7. The molecule has 0 saturated heterocycles. The van der Waals surface area contributed by atoms with E-state index >= 15 is 0 Å². The predicted octanol–water partition coefficient (Wildman–Crippen LogP) is 1.96. The molecular formula is C13H22O4. The lowest BCUT2D eigenvalue weighted by Crippen LogP contribution is -2.25. The number of ketones is 1. The maximum atomic E-state index is 11.8. The second-order valence-electron chi connectivity index (χ2n) is 4.62. The normalized spacial score (nSPS) is 24.4. The van der Waals surface area contributed by atoms with Crippen LogP contribution in [0.2, 0.25) is 0 Å². The molecule has 0 aromatic carbocycles. The Morgan fingerprint density at radius 3 is 2.35 bits per heavy atom. The molecule has 4 nitrogen and oxygen atoms in total. The van der Waals surface area contributed by atoms with Crippen molar-refractivity contribution in [3.63, 3.8) is 0 Å². The van der Waals surface area contributed by atoms with Gasteiger partial charge in [-0.15, -0.1) is 0 Å². The fraction of sp³-hybridized carbons (Fsp3) is 0.846. The molecule has 0 spiro atoms. The molecule has 17 heavy (non-hydrogen) atoms. The largest absolute Gasteiger partial charge is 0.466 e. The number of rotatable bonds is 6. The first kappa shape index (κ1) is 14.2. The summed E-state index contributed by atoms with van der Waals surface area (Å²) in [7, 11) is 1.71. The lowest BCUT2D eigenvalue weighted by Gasteiger charge is -2.26. The van der Waals surface area contributed by atoms with Gasteiger partial charge in [-0.1, -0.05) is 0 Å². The van der Waals surface area contributed by atoms with Gasteiger partial charge in [-0.05, 0) is 38.5 Å². The van der Waals surface area contributed by atoms with Gasteiger partial charge in [0.05, 0.1) is 6.61 Å². The monoisotopic (exact) mass is 242 g/mol. The summed E-state index contributed by atoms with van der Waals surface area (Å²) in [5.74, 6) is 0.273. The summed E-state index contributed by atoms with van der Waals surface area (Å²) in [6.45, 7) is 2.86. The number of Topliss-reactive ketones (excluding diaryl/α,β-unsaturated/α-hetero) is 1. The lowest BCUT2D eigenvalue weighted by atomic mass is 9.80. The number of ether oxygens (including phenoxy) is 2. The Balaban J connectivity index is 2.28. The Morgan fingerprint density at radius 2 is 1.82 bits per heavy atom. The fourth-order valence-corrected chi connectivity index (χ4v) is 2.39. The van der Waals surface area contributed by atoms with Gasteiger partial charge in [-0.25, -0.2) is 0 Å². The summed E-state index contributed by atoms with van der Waals surface area (Å²) in [5.41, 5.74) is 0. The van der Waals surface area contributed by atoms with Crippen LogP contribution >= 0.6 is 0 Å². The van der Waals surface area contributed by atoms with Gasteiger partial charge in [-0.3, -0.25) is 9.59 Å². The smallest absolute Gasteiger partial charge is 0.313 e. The summed E-state index contributed by atoms with van der Waals surface area (Å²) < 4.78 is 9.90. The van der Waals surface area contributed by atoms with Crippen molar-refractivity contribution in [3.8, 4) is 0 Å². The number of carbonyl (C=O) groups excluding carboxylic acids is 2. The molecule has 0 N–H and O–H groups in total. The molecule has 0 aliphatic heterocycles. The summed E-state index contributed by atoms with van der Waals surface area (Å²) in [6.07, 6.45) is 3.74. The molecule has 1 aliphatic carbocycles. The van der Waals surface area contributed by atoms with Crippen LogP contribution in [0.25, 0.3) is 0 Å². The number of hydrogen-bond acceptors (Lipinski definition) is 4. The highest BCUT2D eigenvalue weighted by Gasteiger charge is 2.27. The van der Waals surface area contributed by atoms with E-state index in [-0.39, 0.29) is 18.1 Å². The molecule has 0 radical (unpaired) electrons. The van der Waals surface area contributed by atoms with Gasteiger partial charge in [0.25, 0.3) is 0 Å². The Hall–Kier alpha value is -0.900. The van der Waals surface area contributed by atoms with Crippen molar-refractivity contribution in [1.29, 1.82) is 0 Å². The van der Waals surface area contributed by atoms with E-state index in [0.29, 0.717) is 12.5 Å². The van der Waals surface area contributed by atoms with Gasteiger partial charge >= 0.3 is 5.97 Å². The molecule has 0 aromatic rings. The molecule has 1 rings (SSSR count). The van der Waals surface area contributed by atoms with Crippen LogP contribution in [0.3, 0.4) is 0 Å². The minimum absolute atomic E-state index is 0.0410. The quantitative estimate of drug-likeness (QED) is 0.528. The van der Waals surface area contributed by atoms with Crippen molar-refractivity contribution in [2.24, 2.45) is 11.8 Å². The third-order valence-electron chi connectivity index (χ3n) is 3.33. The molecule has 4 heteroatoms. The Morgan fingerprint density at radius 1 is 1.18 bits per heavy atom. The SMILES string of the molecule is CCOC(=O)CC(=O)C1CCC(COC)CC1. The first-order valence-electron chi connectivity index (χ1n) is 6.34. The third kappa shape index (κ3) is 4.86. The van der Waals surface area contributed by atoms with Gasteiger partial charge in [0.1, 0.15) is 12.2 Å². The molecule has 0 heterocycles. The molecule has 1 fully saturated rings. The molecule has 1 aliphatic rings. The maximum Gasteiger partial charge on any atom is 0.313 e. The van der Waals surface area contributed by atoms with Crippen molar-refractivity contribution in [2.45, 2.75) is 39.0 Å². The van der Waals surface area contributed by atoms with Crippen LogP contribution in [0.1, 0.15) is 39.0 Å². The minimum Gasteiger partial charge on any atom is -0.466 e. The van der Waals surface area contributed by atoms with Crippen LogP contribution in [0.15, 0.2) is 0 Å². The summed E-state index contributed by atoms with van der Waals surface area (Å²) in [4.78, 5) is 23.0. The Bertz CT molecular complexity index is 254. The van der Waals surface area contributed by atoms with Crippen LogP contribution < -0.4 is 0 Å². The zero-order chi connectivity index (χ0) is 12.7. The van der Waals surface area contributed by atoms with E-state index in [1.54, 1.807) is 14.0 Å². The average molecular weight is 242 g/mol.